The lowest BCUT2D eigenvalue weighted by Crippen LogP contribution is -2.28. The van der Waals surface area contributed by atoms with E-state index in [9.17, 15) is 0 Å². The van der Waals surface area contributed by atoms with E-state index >= 15 is 0 Å². The SMILES string of the molecule is COc1cc(CNC2CCSC2)cc2c1OCCO2. The van der Waals surface area contributed by atoms with E-state index in [1.807, 2.05) is 23.9 Å². The summed E-state index contributed by atoms with van der Waals surface area (Å²) in [6, 6.07) is 4.71. The van der Waals surface area contributed by atoms with Gasteiger partial charge in [-0.25, -0.2) is 0 Å². The number of rotatable bonds is 4. The maximum absolute atomic E-state index is 5.64. The van der Waals surface area contributed by atoms with Crippen LogP contribution < -0.4 is 19.5 Å². The predicted molar refractivity (Wildman–Crippen MR) is 76.6 cm³/mol. The molecule has 5 heteroatoms. The van der Waals surface area contributed by atoms with Gasteiger partial charge in [0, 0.05) is 18.3 Å². The van der Waals surface area contributed by atoms with Crippen LogP contribution in [0.1, 0.15) is 12.0 Å². The van der Waals surface area contributed by atoms with E-state index in [0.29, 0.717) is 19.3 Å². The number of fused-ring (bicyclic) bond motifs is 1. The van der Waals surface area contributed by atoms with E-state index in [1.165, 1.54) is 23.5 Å². The topological polar surface area (TPSA) is 39.7 Å². The van der Waals surface area contributed by atoms with Crippen molar-refractivity contribution in [2.45, 2.75) is 19.0 Å². The summed E-state index contributed by atoms with van der Waals surface area (Å²) in [6.45, 7) is 2.03. The van der Waals surface area contributed by atoms with Gasteiger partial charge in [0.25, 0.3) is 0 Å². The van der Waals surface area contributed by atoms with E-state index in [-0.39, 0.29) is 0 Å². The first-order valence-electron chi connectivity index (χ1n) is 6.64. The summed E-state index contributed by atoms with van der Waals surface area (Å²) in [4.78, 5) is 0. The molecule has 0 bridgehead atoms. The Balaban J connectivity index is 1.73. The molecule has 1 unspecified atom stereocenters. The molecule has 1 N–H and O–H groups in total. The fraction of sp³-hybridized carbons (Fsp3) is 0.571. The summed E-state index contributed by atoms with van der Waals surface area (Å²) < 4.78 is 16.6. The van der Waals surface area contributed by atoms with E-state index in [2.05, 4.69) is 5.32 Å². The Morgan fingerprint density at radius 3 is 3.05 bits per heavy atom. The first kappa shape index (κ1) is 12.9. The molecule has 1 aromatic rings. The van der Waals surface area contributed by atoms with Gasteiger partial charge in [0.05, 0.1) is 7.11 Å². The Morgan fingerprint density at radius 2 is 2.26 bits per heavy atom. The number of hydrogen-bond acceptors (Lipinski definition) is 5. The van der Waals surface area contributed by atoms with Gasteiger partial charge in [-0.2, -0.15) is 11.8 Å². The van der Waals surface area contributed by atoms with Crippen LogP contribution in [0.3, 0.4) is 0 Å². The third-order valence-electron chi connectivity index (χ3n) is 3.41. The molecule has 1 atom stereocenters. The maximum Gasteiger partial charge on any atom is 0.203 e. The summed E-state index contributed by atoms with van der Waals surface area (Å²) in [7, 11) is 1.67. The Bertz CT molecular complexity index is 429. The van der Waals surface area contributed by atoms with Crippen LogP contribution in [0.2, 0.25) is 0 Å². The molecule has 2 aliphatic heterocycles. The van der Waals surface area contributed by atoms with Crippen molar-refractivity contribution in [3.8, 4) is 17.2 Å². The van der Waals surface area contributed by atoms with Crippen molar-refractivity contribution in [2.24, 2.45) is 0 Å². The van der Waals surface area contributed by atoms with Crippen molar-refractivity contribution in [2.75, 3.05) is 31.8 Å². The minimum atomic E-state index is 0.584. The third-order valence-corrected chi connectivity index (χ3v) is 4.57. The monoisotopic (exact) mass is 281 g/mol. The largest absolute Gasteiger partial charge is 0.493 e. The molecule has 4 nitrogen and oxygen atoms in total. The Hall–Kier alpha value is -1.07. The van der Waals surface area contributed by atoms with Crippen molar-refractivity contribution in [3.63, 3.8) is 0 Å². The van der Waals surface area contributed by atoms with Crippen LogP contribution in [-0.2, 0) is 6.54 Å². The molecule has 1 aromatic carbocycles. The van der Waals surface area contributed by atoms with E-state index < -0.39 is 0 Å². The van der Waals surface area contributed by atoms with E-state index in [1.54, 1.807) is 7.11 Å². The van der Waals surface area contributed by atoms with Crippen LogP contribution in [0.15, 0.2) is 12.1 Å². The summed E-state index contributed by atoms with van der Waals surface area (Å²) in [5.41, 5.74) is 1.18. The van der Waals surface area contributed by atoms with Crippen molar-refractivity contribution in [1.29, 1.82) is 0 Å². The zero-order chi connectivity index (χ0) is 13.1. The van der Waals surface area contributed by atoms with Gasteiger partial charge in [-0.3, -0.25) is 0 Å². The third kappa shape index (κ3) is 2.92. The lowest BCUT2D eigenvalue weighted by atomic mass is 10.1. The molecule has 0 spiro atoms. The highest BCUT2D eigenvalue weighted by molar-refractivity contribution is 7.99. The molecular formula is C14H19NO3S. The minimum absolute atomic E-state index is 0.584. The molecule has 0 amide bonds. The van der Waals surface area contributed by atoms with Crippen LogP contribution in [0, 0.1) is 0 Å². The Morgan fingerprint density at radius 1 is 1.37 bits per heavy atom. The van der Waals surface area contributed by atoms with E-state index in [4.69, 9.17) is 14.2 Å². The summed E-state index contributed by atoms with van der Waals surface area (Å²) in [5, 5.41) is 3.58. The van der Waals surface area contributed by atoms with Crippen LogP contribution in [0.4, 0.5) is 0 Å². The summed E-state index contributed by atoms with van der Waals surface area (Å²) >= 11 is 2.02. The average Bonchev–Trinajstić information content (AvgIpc) is 2.97. The molecule has 0 saturated carbocycles. The lowest BCUT2D eigenvalue weighted by Gasteiger charge is -2.22. The van der Waals surface area contributed by atoms with Gasteiger partial charge >= 0.3 is 0 Å². The van der Waals surface area contributed by atoms with Crippen molar-refractivity contribution < 1.29 is 14.2 Å². The molecular weight excluding hydrogens is 262 g/mol. The highest BCUT2D eigenvalue weighted by Crippen LogP contribution is 2.40. The minimum Gasteiger partial charge on any atom is -0.493 e. The van der Waals surface area contributed by atoms with Gasteiger partial charge < -0.3 is 19.5 Å². The average molecular weight is 281 g/mol. The second-order valence-corrected chi connectivity index (χ2v) is 5.91. The zero-order valence-corrected chi connectivity index (χ0v) is 11.9. The first-order valence-corrected chi connectivity index (χ1v) is 7.80. The van der Waals surface area contributed by atoms with Gasteiger partial charge in [-0.05, 0) is 29.9 Å². The van der Waals surface area contributed by atoms with Crippen molar-refractivity contribution >= 4 is 11.8 Å². The number of thioether (sulfide) groups is 1. The van der Waals surface area contributed by atoms with Gasteiger partial charge in [-0.15, -0.1) is 0 Å². The van der Waals surface area contributed by atoms with Crippen LogP contribution in [0.25, 0.3) is 0 Å². The molecule has 2 aliphatic rings. The highest BCUT2D eigenvalue weighted by Gasteiger charge is 2.19. The Labute approximate surface area is 117 Å². The molecule has 0 aromatic heterocycles. The number of hydrogen-bond donors (Lipinski definition) is 1. The number of nitrogens with one attached hydrogen (secondary N) is 1. The normalized spacial score (nSPS) is 21.4. The molecule has 1 fully saturated rings. The maximum atomic E-state index is 5.64. The standard InChI is InChI=1S/C14H19NO3S/c1-16-12-6-10(8-15-11-2-5-19-9-11)7-13-14(12)18-4-3-17-13/h6-7,11,15H,2-5,8-9H2,1H3. The highest BCUT2D eigenvalue weighted by atomic mass is 32.2. The van der Waals surface area contributed by atoms with E-state index in [0.717, 1.165) is 23.8 Å². The number of methoxy groups -OCH3 is 1. The second-order valence-electron chi connectivity index (χ2n) is 4.76. The summed E-state index contributed by atoms with van der Waals surface area (Å²) in [5.74, 6) is 4.76. The van der Waals surface area contributed by atoms with Gasteiger partial charge in [0.1, 0.15) is 13.2 Å². The molecule has 104 valence electrons. The molecule has 3 rings (SSSR count). The van der Waals surface area contributed by atoms with Crippen molar-refractivity contribution in [3.05, 3.63) is 17.7 Å². The van der Waals surface area contributed by atoms with Crippen LogP contribution in [0.5, 0.6) is 17.2 Å². The lowest BCUT2D eigenvalue weighted by molar-refractivity contribution is 0.165. The van der Waals surface area contributed by atoms with Gasteiger partial charge in [-0.1, -0.05) is 0 Å². The summed E-state index contributed by atoms with van der Waals surface area (Å²) in [6.07, 6.45) is 1.26. The van der Waals surface area contributed by atoms with Gasteiger partial charge in [0.2, 0.25) is 5.75 Å². The molecule has 0 aliphatic carbocycles. The fourth-order valence-electron chi connectivity index (χ4n) is 2.39. The molecule has 1 saturated heterocycles. The van der Waals surface area contributed by atoms with Gasteiger partial charge in [0.15, 0.2) is 11.5 Å². The predicted octanol–water partition coefficient (Wildman–Crippen LogP) is 2.06. The van der Waals surface area contributed by atoms with Crippen LogP contribution >= 0.6 is 11.8 Å². The van der Waals surface area contributed by atoms with Crippen molar-refractivity contribution in [1.82, 2.24) is 5.32 Å². The fourth-order valence-corrected chi connectivity index (χ4v) is 3.57. The second kappa shape index (κ2) is 5.92. The smallest absolute Gasteiger partial charge is 0.203 e. The quantitative estimate of drug-likeness (QED) is 0.914. The van der Waals surface area contributed by atoms with Crippen LogP contribution in [-0.4, -0.2) is 37.9 Å². The zero-order valence-electron chi connectivity index (χ0n) is 11.1. The molecule has 2 heterocycles. The Kier molecular flexibility index (Phi) is 4.03. The first-order chi connectivity index (χ1) is 9.36. The molecule has 0 radical (unpaired) electrons. The number of benzene rings is 1. The number of ether oxygens (including phenoxy) is 3. The molecule has 19 heavy (non-hydrogen) atoms.